The van der Waals surface area contributed by atoms with E-state index >= 15 is 0 Å². The van der Waals surface area contributed by atoms with Gasteiger partial charge in [-0.05, 0) is 76.4 Å². The molecule has 1 aliphatic heterocycles. The van der Waals surface area contributed by atoms with Crippen molar-refractivity contribution in [1.82, 2.24) is 9.55 Å². The van der Waals surface area contributed by atoms with Crippen LogP contribution >= 0.6 is 15.6 Å². The molecule has 0 saturated carbocycles. The number of phosphoric acid groups is 2. The van der Waals surface area contributed by atoms with E-state index in [1.807, 2.05) is 6.08 Å². The number of anilines is 1. The molecule has 1 aromatic rings. The van der Waals surface area contributed by atoms with Gasteiger partial charge in [-0.1, -0.05) is 133 Å². The summed E-state index contributed by atoms with van der Waals surface area (Å²) in [6.07, 6.45) is 31.5. The number of ketones is 1. The number of unbranched alkanes of at least 4 members (excludes halogenated alkanes) is 17. The number of nitrogens with two attached hydrogens (primary N) is 1. The zero-order valence-corrected chi connectivity index (χ0v) is 43.8. The maximum Gasteiger partial charge on any atom is 0.481 e. The van der Waals surface area contributed by atoms with E-state index in [0.29, 0.717) is 32.1 Å². The van der Waals surface area contributed by atoms with Crippen LogP contribution in [0.4, 0.5) is 5.82 Å². The second-order valence-electron chi connectivity index (χ2n) is 17.7. The van der Waals surface area contributed by atoms with Crippen LogP contribution in [0, 0.1) is 0 Å². The Bertz CT molecular complexity index is 1940. The highest BCUT2D eigenvalue weighted by atomic mass is 31.3. The third kappa shape index (κ3) is 30.9. The molecule has 6 N–H and O–H groups in total. The van der Waals surface area contributed by atoms with Gasteiger partial charge in [-0.3, -0.25) is 28.0 Å². The van der Waals surface area contributed by atoms with Crippen molar-refractivity contribution in [1.29, 1.82) is 0 Å². The summed E-state index contributed by atoms with van der Waals surface area (Å²) in [5, 5.41) is 20.9. The van der Waals surface area contributed by atoms with Crippen molar-refractivity contribution in [2.24, 2.45) is 0 Å². The second kappa shape index (κ2) is 38.0. The van der Waals surface area contributed by atoms with Gasteiger partial charge in [0.25, 0.3) is 0 Å². The molecule has 1 aromatic heterocycles. The smallest absolute Gasteiger partial charge is 0.462 e. The van der Waals surface area contributed by atoms with Crippen LogP contribution in [-0.2, 0) is 51.1 Å². The molecule has 2 unspecified atom stereocenters. The summed E-state index contributed by atoms with van der Waals surface area (Å²) in [5.41, 5.74) is 4.57. The van der Waals surface area contributed by atoms with Crippen LogP contribution in [0.15, 0.2) is 65.7 Å². The number of rotatable bonds is 42. The minimum absolute atomic E-state index is 0.0364. The maximum absolute atomic E-state index is 12.9. The van der Waals surface area contributed by atoms with Crippen LogP contribution in [0.1, 0.15) is 181 Å². The number of nitrogen functional groups attached to an aromatic ring is 1. The SMILES string of the molecule is CCCCC/C=C\C=C\C(=O)CCCCCCCC(=O)O[C@H](COC(=O)CCCCCCCCC/C=C\C/C=C\CCCCC)COP(=O)(O)OP(=O)(O)OC[C@H]1O[C@@H](n2ccc(N)nc2=O)[C@H](O)[C@@H]1O. The van der Waals surface area contributed by atoms with Gasteiger partial charge >= 0.3 is 33.3 Å². The Morgan fingerprint density at radius 2 is 1.27 bits per heavy atom. The molecule has 0 aliphatic carbocycles. The Hall–Kier alpha value is -3.61. The lowest BCUT2D eigenvalue weighted by Crippen LogP contribution is -2.36. The Balaban J connectivity index is 1.82. The Morgan fingerprint density at radius 3 is 1.89 bits per heavy atom. The second-order valence-corrected chi connectivity index (χ2v) is 20.7. The van der Waals surface area contributed by atoms with E-state index in [1.165, 1.54) is 31.7 Å². The van der Waals surface area contributed by atoms with Gasteiger partial charge in [0.05, 0.1) is 13.2 Å². The van der Waals surface area contributed by atoms with Crippen molar-refractivity contribution < 1.29 is 71.1 Å². The Morgan fingerprint density at radius 1 is 0.718 bits per heavy atom. The summed E-state index contributed by atoms with van der Waals surface area (Å²) < 4.78 is 56.7. The molecule has 1 fully saturated rings. The van der Waals surface area contributed by atoms with Gasteiger partial charge in [0.2, 0.25) is 0 Å². The number of ether oxygens (including phenoxy) is 3. The largest absolute Gasteiger partial charge is 0.481 e. The van der Waals surface area contributed by atoms with Gasteiger partial charge in [-0.25, -0.2) is 13.9 Å². The maximum atomic E-state index is 12.9. The highest BCUT2D eigenvalue weighted by Crippen LogP contribution is 2.60. The molecule has 0 amide bonds. The van der Waals surface area contributed by atoms with E-state index in [9.17, 15) is 48.3 Å². The average Bonchev–Trinajstić information content (AvgIpc) is 3.60. The van der Waals surface area contributed by atoms with Crippen LogP contribution in [0.5, 0.6) is 0 Å². The molecule has 1 saturated heterocycles. The van der Waals surface area contributed by atoms with Crippen LogP contribution in [0.2, 0.25) is 0 Å². The van der Waals surface area contributed by atoms with Gasteiger partial charge in [0, 0.05) is 25.5 Å². The fourth-order valence-electron chi connectivity index (χ4n) is 7.32. The number of aliphatic hydroxyl groups excluding tert-OH is 2. The Labute approximate surface area is 420 Å². The summed E-state index contributed by atoms with van der Waals surface area (Å²) in [6.45, 7) is 1.96. The third-order valence-corrected chi connectivity index (χ3v) is 14.0. The minimum atomic E-state index is -5.45. The number of phosphoric ester groups is 2. The van der Waals surface area contributed by atoms with Crippen molar-refractivity contribution in [2.75, 3.05) is 25.6 Å². The van der Waals surface area contributed by atoms with Crippen LogP contribution in [0.3, 0.4) is 0 Å². The molecule has 2 heterocycles. The molecule has 0 bridgehead atoms. The quantitative estimate of drug-likeness (QED) is 0.0102. The lowest BCUT2D eigenvalue weighted by molar-refractivity contribution is -0.161. The number of esters is 2. The van der Waals surface area contributed by atoms with Crippen molar-refractivity contribution in [3.05, 3.63) is 71.4 Å². The van der Waals surface area contributed by atoms with Crippen molar-refractivity contribution in [3.63, 3.8) is 0 Å². The van der Waals surface area contributed by atoms with Gasteiger partial charge in [0.1, 0.15) is 30.7 Å². The van der Waals surface area contributed by atoms with Gasteiger partial charge in [0.15, 0.2) is 18.1 Å². The van der Waals surface area contributed by atoms with E-state index in [1.54, 1.807) is 12.2 Å². The molecule has 404 valence electrons. The average molecular weight is 1040 g/mol. The molecule has 0 radical (unpaired) electrons. The molecule has 71 heavy (non-hydrogen) atoms. The third-order valence-electron chi connectivity index (χ3n) is 11.4. The first-order valence-corrected chi connectivity index (χ1v) is 28.6. The van der Waals surface area contributed by atoms with Gasteiger partial charge < -0.3 is 39.9 Å². The van der Waals surface area contributed by atoms with Crippen molar-refractivity contribution in [3.8, 4) is 0 Å². The van der Waals surface area contributed by atoms with E-state index < -0.39 is 83.7 Å². The summed E-state index contributed by atoms with van der Waals surface area (Å²) in [5.74, 6) is -1.36. The van der Waals surface area contributed by atoms with Gasteiger partial charge in [-0.15, -0.1) is 0 Å². The van der Waals surface area contributed by atoms with Crippen molar-refractivity contribution >= 4 is 39.2 Å². The van der Waals surface area contributed by atoms with Crippen molar-refractivity contribution in [2.45, 2.75) is 205 Å². The normalized spacial score (nSPS) is 19.5. The summed E-state index contributed by atoms with van der Waals surface area (Å²) >= 11 is 0. The van der Waals surface area contributed by atoms with Gasteiger partial charge in [-0.2, -0.15) is 9.29 Å². The first-order valence-electron chi connectivity index (χ1n) is 25.6. The number of carbonyl (C=O) groups excluding carboxylic acids is 3. The fourth-order valence-corrected chi connectivity index (χ4v) is 9.43. The van der Waals surface area contributed by atoms with Crippen LogP contribution in [-0.4, -0.2) is 91.5 Å². The monoisotopic (exact) mass is 1040 g/mol. The zero-order chi connectivity index (χ0) is 52.2. The molecule has 1 aliphatic rings. The topological polar surface area (TPSA) is 283 Å². The predicted molar refractivity (Wildman–Crippen MR) is 271 cm³/mol. The molecular weight excluding hydrogens is 961 g/mol. The molecule has 0 spiro atoms. The predicted octanol–water partition coefficient (Wildman–Crippen LogP) is 9.74. The first kappa shape index (κ1) is 63.5. The number of allylic oxidation sites excluding steroid dienone is 8. The summed E-state index contributed by atoms with van der Waals surface area (Å²) in [7, 11) is -10.9. The molecule has 0 aromatic carbocycles. The summed E-state index contributed by atoms with van der Waals surface area (Å²) in [4.78, 5) is 74.0. The van der Waals surface area contributed by atoms with Crippen LogP contribution in [0.25, 0.3) is 0 Å². The first-order chi connectivity index (χ1) is 34.1. The van der Waals surface area contributed by atoms with E-state index in [-0.39, 0.29) is 24.4 Å². The fraction of sp³-hybridized carbons (Fsp3) is 0.700. The molecule has 2 rings (SSSR count). The number of aliphatic hydroxyl groups is 2. The van der Waals surface area contributed by atoms with Crippen LogP contribution < -0.4 is 11.4 Å². The highest BCUT2D eigenvalue weighted by molar-refractivity contribution is 7.61. The molecule has 7 atom stereocenters. The standard InChI is InChI=1S/C50H83N3O16P2/c1-3-5-7-9-11-12-13-14-15-16-17-18-19-20-22-26-30-34-45(55)64-38-42(67-46(56)35-31-27-23-25-29-33-41(54)32-28-24-21-10-8-6-4-2)39-65-70(60,61)69-71(62,63)66-40-43-47(57)48(58)49(68-43)53-37-36-44(51)52-50(53)59/h11-12,14-15,21,24,28,32,36-37,42-43,47-49,57-58H,3-10,13,16-20,22-23,25-27,29-31,33-35,38-40H2,1-2H3,(H,60,61)(H,62,63)(H2,51,52,59)/b12-11-,15-14-,24-21-,32-28+/t42-,43-,47-,48-,49-/m1/s1. The number of aromatic nitrogens is 2. The molecule has 21 heteroatoms. The summed E-state index contributed by atoms with van der Waals surface area (Å²) in [6, 6.07) is 1.24. The zero-order valence-electron chi connectivity index (χ0n) is 42.0. The minimum Gasteiger partial charge on any atom is -0.462 e. The lowest BCUT2D eigenvalue weighted by atomic mass is 10.1. The number of carbonyl (C=O) groups is 3. The van der Waals surface area contributed by atoms with E-state index in [4.69, 9.17) is 29.0 Å². The molecular formula is C50H83N3O16P2. The lowest BCUT2D eigenvalue weighted by Gasteiger charge is -2.21. The highest BCUT2D eigenvalue weighted by Gasteiger charge is 2.46. The number of hydrogen-bond donors (Lipinski definition) is 5. The number of nitrogens with zero attached hydrogens (tertiary/aromatic N) is 2. The Kier molecular flexibility index (Phi) is 34.0. The van der Waals surface area contributed by atoms with E-state index in [0.717, 1.165) is 101 Å². The molecule has 19 nitrogen and oxygen atoms in total. The number of hydrogen-bond acceptors (Lipinski definition) is 16. The van der Waals surface area contributed by atoms with E-state index in [2.05, 4.69) is 53.5 Å².